The Morgan fingerprint density at radius 3 is 2.57 bits per heavy atom. The summed E-state index contributed by atoms with van der Waals surface area (Å²) in [6.45, 7) is 7.62. The Balaban J connectivity index is 2.15. The quantitative estimate of drug-likeness (QED) is 0.699. The molecule has 78 valence electrons. The van der Waals surface area contributed by atoms with Crippen LogP contribution in [0.25, 0.3) is 0 Å². The van der Waals surface area contributed by atoms with Gasteiger partial charge in [0.25, 0.3) is 0 Å². The topological polar surface area (TPSA) is 21.3 Å². The van der Waals surface area contributed by atoms with Gasteiger partial charge in [-0.25, -0.2) is 0 Å². The predicted octanol–water partition coefficient (Wildman–Crippen LogP) is 2.12. The molecule has 0 heterocycles. The van der Waals surface area contributed by atoms with E-state index in [4.69, 9.17) is 4.74 Å². The Morgan fingerprint density at radius 1 is 1.21 bits per heavy atom. The minimum absolute atomic E-state index is 0.714. The minimum atomic E-state index is 0.714. The number of likely N-dealkylation sites (N-methyl/N-ethyl adjacent to an activating group) is 1. The molecule has 0 radical (unpaired) electrons. The highest BCUT2D eigenvalue weighted by Gasteiger charge is 1.92. The van der Waals surface area contributed by atoms with Gasteiger partial charge in [0.05, 0.1) is 13.2 Å². The minimum Gasteiger partial charge on any atom is -0.375 e. The van der Waals surface area contributed by atoms with Gasteiger partial charge in [0.2, 0.25) is 0 Å². The van der Waals surface area contributed by atoms with Gasteiger partial charge in [0, 0.05) is 6.54 Å². The fraction of sp³-hybridized carbons (Fsp3) is 0.500. The predicted molar refractivity (Wildman–Crippen MR) is 59.4 cm³/mol. The van der Waals surface area contributed by atoms with Gasteiger partial charge in [-0.15, -0.1) is 0 Å². The average molecular weight is 193 g/mol. The molecular formula is C12H19NO. The molecule has 0 unspecified atom stereocenters. The van der Waals surface area contributed by atoms with Crippen molar-refractivity contribution in [3.63, 3.8) is 0 Å². The van der Waals surface area contributed by atoms with E-state index in [-0.39, 0.29) is 0 Å². The fourth-order valence-corrected chi connectivity index (χ4v) is 1.20. The lowest BCUT2D eigenvalue weighted by atomic mass is 10.2. The van der Waals surface area contributed by atoms with E-state index in [0.29, 0.717) is 6.61 Å². The molecule has 0 bridgehead atoms. The Labute approximate surface area is 86.3 Å². The lowest BCUT2D eigenvalue weighted by molar-refractivity contribution is 0.123. The van der Waals surface area contributed by atoms with Crippen molar-refractivity contribution in [2.75, 3.05) is 19.7 Å². The molecule has 0 aromatic heterocycles. The van der Waals surface area contributed by atoms with Gasteiger partial charge in [0.15, 0.2) is 0 Å². The molecule has 1 aromatic carbocycles. The van der Waals surface area contributed by atoms with Crippen LogP contribution in [0, 0.1) is 6.92 Å². The molecule has 2 heteroatoms. The first kappa shape index (κ1) is 11.2. The van der Waals surface area contributed by atoms with Crippen LogP contribution < -0.4 is 5.32 Å². The maximum atomic E-state index is 5.50. The molecule has 0 saturated heterocycles. The normalized spacial score (nSPS) is 10.4. The summed E-state index contributed by atoms with van der Waals surface area (Å²) in [4.78, 5) is 0. The van der Waals surface area contributed by atoms with Gasteiger partial charge in [-0.3, -0.25) is 0 Å². The van der Waals surface area contributed by atoms with Crippen molar-refractivity contribution in [1.82, 2.24) is 5.32 Å². The monoisotopic (exact) mass is 193 g/mol. The van der Waals surface area contributed by atoms with Gasteiger partial charge < -0.3 is 10.1 Å². The number of hydrogen-bond donors (Lipinski definition) is 1. The second-order valence-electron chi connectivity index (χ2n) is 3.39. The van der Waals surface area contributed by atoms with Crippen molar-refractivity contribution in [3.8, 4) is 0 Å². The number of aryl methyl sites for hydroxylation is 1. The van der Waals surface area contributed by atoms with Crippen LogP contribution in [0.5, 0.6) is 0 Å². The van der Waals surface area contributed by atoms with Crippen molar-refractivity contribution >= 4 is 0 Å². The van der Waals surface area contributed by atoms with Crippen molar-refractivity contribution in [3.05, 3.63) is 35.4 Å². The molecule has 1 N–H and O–H groups in total. The highest BCUT2D eigenvalue weighted by atomic mass is 16.5. The summed E-state index contributed by atoms with van der Waals surface area (Å²) < 4.78 is 5.50. The summed E-state index contributed by atoms with van der Waals surface area (Å²) in [6.07, 6.45) is 0. The van der Waals surface area contributed by atoms with Gasteiger partial charge in [-0.05, 0) is 19.0 Å². The molecule has 0 atom stereocenters. The standard InChI is InChI=1S/C12H19NO/c1-3-13-8-9-14-10-12-6-4-11(2)5-7-12/h4-7,13H,3,8-10H2,1-2H3. The Hall–Kier alpha value is -0.860. The lowest BCUT2D eigenvalue weighted by Crippen LogP contribution is -2.18. The van der Waals surface area contributed by atoms with Crippen LogP contribution in [-0.2, 0) is 11.3 Å². The van der Waals surface area contributed by atoms with E-state index >= 15 is 0 Å². The second-order valence-corrected chi connectivity index (χ2v) is 3.39. The van der Waals surface area contributed by atoms with Gasteiger partial charge in [-0.1, -0.05) is 36.8 Å². The lowest BCUT2D eigenvalue weighted by Gasteiger charge is -2.04. The first-order chi connectivity index (χ1) is 6.83. The van der Waals surface area contributed by atoms with E-state index in [2.05, 4.69) is 43.4 Å². The average Bonchev–Trinajstić information content (AvgIpc) is 2.21. The molecule has 0 amide bonds. The van der Waals surface area contributed by atoms with Gasteiger partial charge in [-0.2, -0.15) is 0 Å². The third kappa shape index (κ3) is 4.40. The maximum Gasteiger partial charge on any atom is 0.0717 e. The summed E-state index contributed by atoms with van der Waals surface area (Å²) in [5.74, 6) is 0. The number of nitrogens with one attached hydrogen (secondary N) is 1. The van der Waals surface area contributed by atoms with Crippen LogP contribution in [0.1, 0.15) is 18.1 Å². The summed E-state index contributed by atoms with van der Waals surface area (Å²) in [5, 5.41) is 3.22. The number of hydrogen-bond acceptors (Lipinski definition) is 2. The van der Waals surface area contributed by atoms with Crippen molar-refractivity contribution in [1.29, 1.82) is 0 Å². The summed E-state index contributed by atoms with van der Waals surface area (Å²) >= 11 is 0. The molecule has 0 saturated carbocycles. The molecule has 14 heavy (non-hydrogen) atoms. The van der Waals surface area contributed by atoms with Crippen molar-refractivity contribution < 1.29 is 4.74 Å². The zero-order valence-corrected chi connectivity index (χ0v) is 9.05. The molecule has 0 aliphatic rings. The summed E-state index contributed by atoms with van der Waals surface area (Å²) in [5.41, 5.74) is 2.54. The maximum absolute atomic E-state index is 5.50. The van der Waals surface area contributed by atoms with Gasteiger partial charge in [0.1, 0.15) is 0 Å². The Morgan fingerprint density at radius 2 is 1.93 bits per heavy atom. The van der Waals surface area contributed by atoms with Crippen LogP contribution in [-0.4, -0.2) is 19.7 Å². The van der Waals surface area contributed by atoms with Gasteiger partial charge >= 0.3 is 0 Å². The number of benzene rings is 1. The van der Waals surface area contributed by atoms with E-state index in [9.17, 15) is 0 Å². The highest BCUT2D eigenvalue weighted by Crippen LogP contribution is 2.03. The van der Waals surface area contributed by atoms with E-state index < -0.39 is 0 Å². The van der Waals surface area contributed by atoms with Crippen molar-refractivity contribution in [2.45, 2.75) is 20.5 Å². The number of rotatable bonds is 6. The molecule has 1 aromatic rings. The Bertz CT molecular complexity index is 243. The first-order valence-electron chi connectivity index (χ1n) is 5.17. The zero-order valence-electron chi connectivity index (χ0n) is 9.05. The highest BCUT2D eigenvalue weighted by molar-refractivity contribution is 5.20. The molecule has 1 rings (SSSR count). The van der Waals surface area contributed by atoms with Crippen LogP contribution in [0.3, 0.4) is 0 Å². The van der Waals surface area contributed by atoms with Crippen LogP contribution in [0.4, 0.5) is 0 Å². The fourth-order valence-electron chi connectivity index (χ4n) is 1.20. The smallest absolute Gasteiger partial charge is 0.0717 e. The first-order valence-corrected chi connectivity index (χ1v) is 5.17. The molecule has 0 aliphatic heterocycles. The largest absolute Gasteiger partial charge is 0.375 e. The molecule has 0 fully saturated rings. The Kier molecular flexibility index (Phi) is 5.27. The summed E-state index contributed by atoms with van der Waals surface area (Å²) in [6, 6.07) is 8.46. The SMILES string of the molecule is CCNCCOCc1ccc(C)cc1. The summed E-state index contributed by atoms with van der Waals surface area (Å²) in [7, 11) is 0. The van der Waals surface area contributed by atoms with Crippen LogP contribution in [0.15, 0.2) is 24.3 Å². The second kappa shape index (κ2) is 6.57. The molecule has 2 nitrogen and oxygen atoms in total. The molecule has 0 spiro atoms. The third-order valence-electron chi connectivity index (χ3n) is 2.06. The van der Waals surface area contributed by atoms with Crippen LogP contribution in [0.2, 0.25) is 0 Å². The third-order valence-corrected chi connectivity index (χ3v) is 2.06. The molecule has 0 aliphatic carbocycles. The molecular weight excluding hydrogens is 174 g/mol. The van der Waals surface area contributed by atoms with E-state index in [1.807, 2.05) is 0 Å². The van der Waals surface area contributed by atoms with Crippen molar-refractivity contribution in [2.24, 2.45) is 0 Å². The van der Waals surface area contributed by atoms with E-state index in [0.717, 1.165) is 19.7 Å². The van der Waals surface area contributed by atoms with E-state index in [1.54, 1.807) is 0 Å². The van der Waals surface area contributed by atoms with Crippen LogP contribution >= 0.6 is 0 Å². The van der Waals surface area contributed by atoms with E-state index in [1.165, 1.54) is 11.1 Å². The number of ether oxygens (including phenoxy) is 1. The zero-order chi connectivity index (χ0) is 10.2.